The van der Waals surface area contributed by atoms with Crippen LogP contribution in [0.2, 0.25) is 5.02 Å². The van der Waals surface area contributed by atoms with Crippen molar-refractivity contribution in [2.24, 2.45) is 0 Å². The first-order valence-electron chi connectivity index (χ1n) is 5.17. The highest BCUT2D eigenvalue weighted by Gasteiger charge is 2.14. The average molecular weight is 248 g/mol. The Morgan fingerprint density at radius 3 is 2.71 bits per heavy atom. The number of carbonyl (C=O) groups excluding carboxylic acids is 1. The number of carbonyl (C=O) groups is 1. The van der Waals surface area contributed by atoms with Gasteiger partial charge in [0.05, 0.1) is 5.54 Å². The molecule has 0 atom stereocenters. The Morgan fingerprint density at radius 1 is 1.47 bits per heavy atom. The minimum atomic E-state index is -0.651. The van der Waals surface area contributed by atoms with E-state index in [-0.39, 0.29) is 5.91 Å². The molecule has 0 aliphatic carbocycles. The topological polar surface area (TPSA) is 29.1 Å². The number of benzene rings is 1. The SMILES string of the molecule is C#CC(C)(C)NC(=O)/C=C\c1ccccc1Cl. The van der Waals surface area contributed by atoms with E-state index in [4.69, 9.17) is 18.0 Å². The smallest absolute Gasteiger partial charge is 0.245 e. The van der Waals surface area contributed by atoms with Gasteiger partial charge in [-0.25, -0.2) is 0 Å². The van der Waals surface area contributed by atoms with Crippen molar-refractivity contribution >= 4 is 23.6 Å². The Bertz CT molecular complexity index is 483. The molecule has 0 spiro atoms. The number of rotatable bonds is 3. The van der Waals surface area contributed by atoms with Gasteiger partial charge in [0.15, 0.2) is 0 Å². The van der Waals surface area contributed by atoms with Crippen LogP contribution in [0.25, 0.3) is 6.08 Å². The summed E-state index contributed by atoms with van der Waals surface area (Å²) in [7, 11) is 0. The van der Waals surface area contributed by atoms with Crippen molar-refractivity contribution in [3.63, 3.8) is 0 Å². The standard InChI is InChI=1S/C14H14ClNO/c1-4-14(2,3)16-13(17)10-9-11-7-5-6-8-12(11)15/h1,5-10H,2-3H3,(H,16,17)/b10-9-. The molecule has 0 fully saturated rings. The zero-order valence-corrected chi connectivity index (χ0v) is 10.6. The van der Waals surface area contributed by atoms with Gasteiger partial charge in [-0.15, -0.1) is 6.42 Å². The molecule has 1 N–H and O–H groups in total. The predicted octanol–water partition coefficient (Wildman–Crippen LogP) is 2.88. The van der Waals surface area contributed by atoms with Crippen LogP contribution in [-0.4, -0.2) is 11.4 Å². The second-order valence-corrected chi connectivity index (χ2v) is 4.52. The van der Waals surface area contributed by atoms with Crippen LogP contribution < -0.4 is 5.32 Å². The van der Waals surface area contributed by atoms with E-state index in [2.05, 4.69) is 11.2 Å². The van der Waals surface area contributed by atoms with Gasteiger partial charge >= 0.3 is 0 Å². The van der Waals surface area contributed by atoms with E-state index in [0.29, 0.717) is 5.02 Å². The lowest BCUT2D eigenvalue weighted by molar-refractivity contribution is -0.117. The van der Waals surface area contributed by atoms with Crippen molar-refractivity contribution < 1.29 is 4.79 Å². The maximum atomic E-state index is 11.6. The van der Waals surface area contributed by atoms with Crippen molar-refractivity contribution in [2.75, 3.05) is 0 Å². The monoisotopic (exact) mass is 247 g/mol. The predicted molar refractivity (Wildman–Crippen MR) is 71.5 cm³/mol. The first-order valence-corrected chi connectivity index (χ1v) is 5.55. The van der Waals surface area contributed by atoms with E-state index in [0.717, 1.165) is 5.56 Å². The van der Waals surface area contributed by atoms with Crippen molar-refractivity contribution in [3.8, 4) is 12.3 Å². The van der Waals surface area contributed by atoms with Crippen LogP contribution in [0.3, 0.4) is 0 Å². The summed E-state index contributed by atoms with van der Waals surface area (Å²) in [5.41, 5.74) is 0.143. The average Bonchev–Trinajstić information content (AvgIpc) is 2.27. The molecule has 0 heterocycles. The summed E-state index contributed by atoms with van der Waals surface area (Å²) in [4.78, 5) is 11.6. The van der Waals surface area contributed by atoms with Crippen LogP contribution in [0.4, 0.5) is 0 Å². The molecule has 0 aliphatic rings. The highest BCUT2D eigenvalue weighted by atomic mass is 35.5. The van der Waals surface area contributed by atoms with Crippen molar-refractivity contribution in [1.29, 1.82) is 0 Å². The fraction of sp³-hybridized carbons (Fsp3) is 0.214. The zero-order chi connectivity index (χ0) is 12.9. The molecule has 1 rings (SSSR count). The maximum absolute atomic E-state index is 11.6. The second-order valence-electron chi connectivity index (χ2n) is 4.11. The fourth-order valence-electron chi connectivity index (χ4n) is 1.16. The molecule has 0 aromatic heterocycles. The van der Waals surface area contributed by atoms with Crippen LogP contribution in [-0.2, 0) is 4.79 Å². The van der Waals surface area contributed by atoms with E-state index in [1.807, 2.05) is 18.2 Å². The molecular formula is C14H14ClNO. The summed E-state index contributed by atoms with van der Waals surface area (Å²) in [6.45, 7) is 3.52. The number of amides is 1. The summed E-state index contributed by atoms with van der Waals surface area (Å²) >= 11 is 5.95. The largest absolute Gasteiger partial charge is 0.337 e. The molecule has 17 heavy (non-hydrogen) atoms. The van der Waals surface area contributed by atoms with Gasteiger partial charge in [-0.2, -0.15) is 0 Å². The van der Waals surface area contributed by atoms with Crippen LogP contribution in [0.1, 0.15) is 19.4 Å². The molecule has 0 aliphatic heterocycles. The summed E-state index contributed by atoms with van der Waals surface area (Å²) in [5, 5.41) is 3.30. The van der Waals surface area contributed by atoms with Crippen LogP contribution in [0, 0.1) is 12.3 Å². The van der Waals surface area contributed by atoms with E-state index in [9.17, 15) is 4.79 Å². The van der Waals surface area contributed by atoms with Crippen LogP contribution in [0.15, 0.2) is 30.3 Å². The molecule has 1 amide bonds. The Balaban J connectivity index is 2.71. The second kappa shape index (κ2) is 5.56. The normalized spacial score (nSPS) is 11.2. The maximum Gasteiger partial charge on any atom is 0.245 e. The van der Waals surface area contributed by atoms with Crippen LogP contribution in [0.5, 0.6) is 0 Å². The molecule has 0 bridgehead atoms. The summed E-state index contributed by atoms with van der Waals surface area (Å²) in [6, 6.07) is 7.29. The number of hydrogen-bond donors (Lipinski definition) is 1. The summed E-state index contributed by atoms with van der Waals surface area (Å²) in [5.74, 6) is 2.25. The van der Waals surface area contributed by atoms with Gasteiger partial charge < -0.3 is 5.32 Å². The first kappa shape index (κ1) is 13.3. The highest BCUT2D eigenvalue weighted by Crippen LogP contribution is 2.16. The van der Waals surface area contributed by atoms with Gasteiger partial charge in [0.1, 0.15) is 0 Å². The molecule has 0 unspecified atom stereocenters. The van der Waals surface area contributed by atoms with Gasteiger partial charge in [0.25, 0.3) is 0 Å². The summed E-state index contributed by atoms with van der Waals surface area (Å²) in [6.07, 6.45) is 8.35. The third-order valence-electron chi connectivity index (χ3n) is 2.12. The third-order valence-corrected chi connectivity index (χ3v) is 2.46. The number of terminal acetylenes is 1. The molecule has 0 saturated carbocycles. The van der Waals surface area contributed by atoms with Crippen LogP contribution >= 0.6 is 11.6 Å². The van der Waals surface area contributed by atoms with Crippen molar-refractivity contribution in [2.45, 2.75) is 19.4 Å². The van der Waals surface area contributed by atoms with E-state index in [1.54, 1.807) is 26.0 Å². The Labute approximate surface area is 107 Å². The van der Waals surface area contributed by atoms with Gasteiger partial charge in [-0.1, -0.05) is 35.7 Å². The number of nitrogens with one attached hydrogen (secondary N) is 1. The van der Waals surface area contributed by atoms with Crippen molar-refractivity contribution in [1.82, 2.24) is 5.32 Å². The minimum absolute atomic E-state index is 0.243. The molecule has 1 aromatic rings. The minimum Gasteiger partial charge on any atom is -0.337 e. The summed E-state index contributed by atoms with van der Waals surface area (Å²) < 4.78 is 0. The van der Waals surface area contributed by atoms with Gasteiger partial charge in [0.2, 0.25) is 5.91 Å². The lowest BCUT2D eigenvalue weighted by Gasteiger charge is -2.17. The zero-order valence-electron chi connectivity index (χ0n) is 9.83. The number of halogens is 1. The van der Waals surface area contributed by atoms with E-state index in [1.165, 1.54) is 6.08 Å². The van der Waals surface area contributed by atoms with E-state index >= 15 is 0 Å². The molecule has 0 radical (unpaired) electrons. The Kier molecular flexibility index (Phi) is 4.37. The van der Waals surface area contributed by atoms with Gasteiger partial charge in [-0.3, -0.25) is 4.79 Å². The van der Waals surface area contributed by atoms with Gasteiger partial charge in [0, 0.05) is 11.1 Å². The quantitative estimate of drug-likeness (QED) is 0.646. The number of hydrogen-bond acceptors (Lipinski definition) is 1. The Morgan fingerprint density at radius 2 is 2.12 bits per heavy atom. The van der Waals surface area contributed by atoms with Gasteiger partial charge in [-0.05, 0) is 31.6 Å². The molecular weight excluding hydrogens is 234 g/mol. The van der Waals surface area contributed by atoms with Crippen molar-refractivity contribution in [3.05, 3.63) is 40.9 Å². The Hall–Kier alpha value is -1.72. The lowest BCUT2D eigenvalue weighted by atomic mass is 10.1. The molecule has 1 aromatic carbocycles. The first-order chi connectivity index (χ1) is 7.94. The highest BCUT2D eigenvalue weighted by molar-refractivity contribution is 6.32. The van der Waals surface area contributed by atoms with E-state index < -0.39 is 5.54 Å². The molecule has 2 nitrogen and oxygen atoms in total. The molecule has 88 valence electrons. The fourth-order valence-corrected chi connectivity index (χ4v) is 1.36. The molecule has 0 saturated heterocycles. The molecule has 3 heteroatoms. The third kappa shape index (κ3) is 4.34. The lowest BCUT2D eigenvalue weighted by Crippen LogP contribution is -2.41.